The van der Waals surface area contributed by atoms with Crippen molar-refractivity contribution < 1.29 is 9.90 Å². The lowest BCUT2D eigenvalue weighted by molar-refractivity contribution is -0.137. The van der Waals surface area contributed by atoms with Crippen LogP contribution in [0.1, 0.15) is 44.7 Å². The third-order valence-electron chi connectivity index (χ3n) is 3.92. The lowest BCUT2D eigenvalue weighted by Gasteiger charge is -2.37. The standard InChI is InChI=1S/C13H19NO2/c1-2-13(8-6-12(15)16)7-4-10-14-9-3-5-11(13)14/h3,5,9H,2,4,6-8,10H2,1H3,(H,15,16). The molecule has 1 unspecified atom stereocenters. The molecule has 1 aliphatic rings. The Hall–Kier alpha value is -1.25. The van der Waals surface area contributed by atoms with Gasteiger partial charge in [-0.1, -0.05) is 6.92 Å². The van der Waals surface area contributed by atoms with Gasteiger partial charge in [-0.3, -0.25) is 4.79 Å². The maximum atomic E-state index is 10.7. The summed E-state index contributed by atoms with van der Waals surface area (Å²) in [6.45, 7) is 3.25. The van der Waals surface area contributed by atoms with Crippen LogP contribution >= 0.6 is 0 Å². The lowest BCUT2D eigenvalue weighted by atomic mass is 9.72. The molecule has 0 spiro atoms. The van der Waals surface area contributed by atoms with E-state index in [0.29, 0.717) is 0 Å². The number of carbonyl (C=O) groups is 1. The van der Waals surface area contributed by atoms with Crippen molar-refractivity contribution in [3.8, 4) is 0 Å². The fraction of sp³-hybridized carbons (Fsp3) is 0.615. The molecule has 3 nitrogen and oxygen atoms in total. The molecular formula is C13H19NO2. The van der Waals surface area contributed by atoms with E-state index in [1.165, 1.54) is 5.69 Å². The summed E-state index contributed by atoms with van der Waals surface area (Å²) in [6.07, 6.45) is 6.47. The summed E-state index contributed by atoms with van der Waals surface area (Å²) in [4.78, 5) is 10.7. The van der Waals surface area contributed by atoms with Gasteiger partial charge in [0.25, 0.3) is 0 Å². The summed E-state index contributed by atoms with van der Waals surface area (Å²) in [5, 5.41) is 8.85. The second-order valence-electron chi connectivity index (χ2n) is 4.72. The topological polar surface area (TPSA) is 42.2 Å². The molecule has 16 heavy (non-hydrogen) atoms. The van der Waals surface area contributed by atoms with Crippen LogP contribution < -0.4 is 0 Å². The van der Waals surface area contributed by atoms with Gasteiger partial charge in [0.1, 0.15) is 0 Å². The summed E-state index contributed by atoms with van der Waals surface area (Å²) in [7, 11) is 0. The SMILES string of the molecule is CCC1(CCC(=O)O)CCCn2cccc21. The molecule has 0 aliphatic carbocycles. The Morgan fingerprint density at radius 1 is 1.62 bits per heavy atom. The fourth-order valence-electron chi connectivity index (χ4n) is 2.94. The molecule has 0 fully saturated rings. The van der Waals surface area contributed by atoms with Crippen molar-refractivity contribution in [2.75, 3.05) is 0 Å². The second kappa shape index (κ2) is 4.32. The highest BCUT2D eigenvalue weighted by atomic mass is 16.4. The van der Waals surface area contributed by atoms with E-state index in [1.54, 1.807) is 0 Å². The zero-order valence-electron chi connectivity index (χ0n) is 9.78. The van der Waals surface area contributed by atoms with Gasteiger partial charge in [-0.05, 0) is 37.8 Å². The molecule has 0 radical (unpaired) electrons. The van der Waals surface area contributed by atoms with E-state index in [-0.39, 0.29) is 11.8 Å². The van der Waals surface area contributed by atoms with Crippen LogP contribution in [0.4, 0.5) is 0 Å². The maximum absolute atomic E-state index is 10.7. The van der Waals surface area contributed by atoms with Crippen LogP contribution in [-0.4, -0.2) is 15.6 Å². The maximum Gasteiger partial charge on any atom is 0.303 e. The molecular weight excluding hydrogens is 202 g/mol. The second-order valence-corrected chi connectivity index (χ2v) is 4.72. The van der Waals surface area contributed by atoms with Crippen LogP contribution in [0.2, 0.25) is 0 Å². The fourth-order valence-corrected chi connectivity index (χ4v) is 2.94. The molecule has 0 saturated carbocycles. The molecule has 88 valence electrons. The molecule has 0 aromatic carbocycles. The molecule has 1 aliphatic heterocycles. The largest absolute Gasteiger partial charge is 0.481 e. The van der Waals surface area contributed by atoms with Gasteiger partial charge < -0.3 is 9.67 Å². The Balaban J connectivity index is 2.25. The Labute approximate surface area is 96.1 Å². The van der Waals surface area contributed by atoms with E-state index in [4.69, 9.17) is 5.11 Å². The summed E-state index contributed by atoms with van der Waals surface area (Å²) in [5.41, 5.74) is 1.43. The highest BCUT2D eigenvalue weighted by molar-refractivity contribution is 5.66. The lowest BCUT2D eigenvalue weighted by Crippen LogP contribution is -2.33. The number of aryl methyl sites for hydroxylation is 1. The van der Waals surface area contributed by atoms with E-state index < -0.39 is 5.97 Å². The minimum atomic E-state index is -0.684. The van der Waals surface area contributed by atoms with Crippen LogP contribution in [0.5, 0.6) is 0 Å². The number of hydrogen-bond donors (Lipinski definition) is 1. The minimum absolute atomic E-state index is 0.0974. The smallest absolute Gasteiger partial charge is 0.303 e. The van der Waals surface area contributed by atoms with Crippen molar-refractivity contribution in [1.82, 2.24) is 4.57 Å². The molecule has 1 aromatic rings. The average Bonchev–Trinajstić information content (AvgIpc) is 2.75. The average molecular weight is 221 g/mol. The Bertz CT molecular complexity index is 383. The highest BCUT2D eigenvalue weighted by Crippen LogP contribution is 2.40. The summed E-state index contributed by atoms with van der Waals surface area (Å²) < 4.78 is 2.29. The van der Waals surface area contributed by atoms with E-state index in [2.05, 4.69) is 29.8 Å². The van der Waals surface area contributed by atoms with Gasteiger partial charge in [0.05, 0.1) is 0 Å². The van der Waals surface area contributed by atoms with Gasteiger partial charge in [0.2, 0.25) is 0 Å². The minimum Gasteiger partial charge on any atom is -0.481 e. The van der Waals surface area contributed by atoms with Crippen LogP contribution in [-0.2, 0) is 16.8 Å². The van der Waals surface area contributed by atoms with Crippen molar-refractivity contribution in [3.63, 3.8) is 0 Å². The molecule has 0 saturated heterocycles. The number of carboxylic acids is 1. The number of aliphatic carboxylic acids is 1. The summed E-state index contributed by atoms with van der Waals surface area (Å²) >= 11 is 0. The number of carboxylic acid groups (broad SMARTS) is 1. The van der Waals surface area contributed by atoms with Crippen molar-refractivity contribution in [2.24, 2.45) is 0 Å². The van der Waals surface area contributed by atoms with E-state index >= 15 is 0 Å². The van der Waals surface area contributed by atoms with Crippen molar-refractivity contribution in [1.29, 1.82) is 0 Å². The van der Waals surface area contributed by atoms with E-state index in [1.807, 2.05) is 0 Å². The van der Waals surface area contributed by atoms with Gasteiger partial charge in [-0.25, -0.2) is 0 Å². The molecule has 0 bridgehead atoms. The first kappa shape index (κ1) is 11.2. The number of hydrogen-bond acceptors (Lipinski definition) is 1. The Kier molecular flexibility index (Phi) is 3.03. The first-order valence-electron chi connectivity index (χ1n) is 6.05. The van der Waals surface area contributed by atoms with Crippen LogP contribution in [0.15, 0.2) is 18.3 Å². The molecule has 2 rings (SSSR count). The highest BCUT2D eigenvalue weighted by Gasteiger charge is 2.35. The van der Waals surface area contributed by atoms with Crippen LogP contribution in [0, 0.1) is 0 Å². The Morgan fingerprint density at radius 3 is 3.12 bits per heavy atom. The van der Waals surface area contributed by atoms with Crippen molar-refractivity contribution >= 4 is 5.97 Å². The van der Waals surface area contributed by atoms with Gasteiger partial charge in [0.15, 0.2) is 0 Å². The molecule has 1 N–H and O–H groups in total. The predicted octanol–water partition coefficient (Wildman–Crippen LogP) is 2.79. The summed E-state index contributed by atoms with van der Waals surface area (Å²) in [6, 6.07) is 4.23. The number of aromatic nitrogens is 1. The first-order valence-corrected chi connectivity index (χ1v) is 6.05. The zero-order valence-corrected chi connectivity index (χ0v) is 9.78. The van der Waals surface area contributed by atoms with Crippen LogP contribution in [0.25, 0.3) is 0 Å². The third-order valence-corrected chi connectivity index (χ3v) is 3.92. The third kappa shape index (κ3) is 1.86. The zero-order chi connectivity index (χ0) is 11.6. The number of fused-ring (bicyclic) bond motifs is 1. The Morgan fingerprint density at radius 2 is 2.44 bits per heavy atom. The molecule has 1 atom stereocenters. The molecule has 1 aromatic heterocycles. The normalized spacial score (nSPS) is 24.1. The van der Waals surface area contributed by atoms with E-state index in [9.17, 15) is 4.79 Å². The molecule has 0 amide bonds. The number of rotatable bonds is 4. The molecule has 3 heteroatoms. The van der Waals surface area contributed by atoms with Gasteiger partial charge in [0, 0.05) is 30.3 Å². The van der Waals surface area contributed by atoms with Crippen molar-refractivity contribution in [2.45, 2.75) is 51.0 Å². The quantitative estimate of drug-likeness (QED) is 0.849. The van der Waals surface area contributed by atoms with Gasteiger partial charge in [-0.15, -0.1) is 0 Å². The first-order chi connectivity index (χ1) is 7.68. The molecule has 2 heterocycles. The monoisotopic (exact) mass is 221 g/mol. The van der Waals surface area contributed by atoms with Gasteiger partial charge >= 0.3 is 5.97 Å². The number of nitrogens with zero attached hydrogens (tertiary/aromatic N) is 1. The predicted molar refractivity (Wildman–Crippen MR) is 62.5 cm³/mol. The van der Waals surface area contributed by atoms with Crippen LogP contribution in [0.3, 0.4) is 0 Å². The van der Waals surface area contributed by atoms with E-state index in [0.717, 1.165) is 32.2 Å². The summed E-state index contributed by atoms with van der Waals surface area (Å²) in [5.74, 6) is -0.684. The van der Waals surface area contributed by atoms with Crippen molar-refractivity contribution in [3.05, 3.63) is 24.0 Å². The van der Waals surface area contributed by atoms with Gasteiger partial charge in [-0.2, -0.15) is 0 Å².